The molecule has 0 unspecified atom stereocenters. The van der Waals surface area contributed by atoms with Crippen LogP contribution in [0.3, 0.4) is 0 Å². The Morgan fingerprint density at radius 3 is 2.56 bits per heavy atom. The molecule has 5 nitrogen and oxygen atoms in total. The van der Waals surface area contributed by atoms with Crippen molar-refractivity contribution in [3.8, 4) is 11.5 Å². The van der Waals surface area contributed by atoms with Crippen LogP contribution >= 0.6 is 0 Å². The number of aromatic nitrogens is 1. The zero-order valence-corrected chi connectivity index (χ0v) is 9.41. The molecule has 2 N–H and O–H groups in total. The number of carboxylic acids is 1. The van der Waals surface area contributed by atoms with E-state index in [1.54, 1.807) is 24.3 Å². The maximum absolute atomic E-state index is 11.0. The number of ether oxygens (including phenoxy) is 1. The largest absolute Gasteiger partial charge is 0.478 e. The molecule has 1 heterocycles. The molecule has 1 aromatic carbocycles. The van der Waals surface area contributed by atoms with Crippen LogP contribution in [0.5, 0.6) is 11.5 Å². The summed E-state index contributed by atoms with van der Waals surface area (Å²) in [6.45, 7) is -0.0481. The maximum Gasteiger partial charge on any atom is 0.339 e. The number of aliphatic hydroxyl groups excluding tert-OH is 1. The number of hydrogen-bond acceptors (Lipinski definition) is 4. The molecule has 2 rings (SSSR count). The number of rotatable bonds is 4. The van der Waals surface area contributed by atoms with Gasteiger partial charge < -0.3 is 14.9 Å². The lowest BCUT2D eigenvalue weighted by Crippen LogP contribution is -2.00. The number of pyridine rings is 1. The minimum atomic E-state index is -1.07. The number of carbonyl (C=O) groups is 1. The van der Waals surface area contributed by atoms with Gasteiger partial charge >= 0.3 is 5.97 Å². The zero-order valence-electron chi connectivity index (χ0n) is 9.41. The summed E-state index contributed by atoms with van der Waals surface area (Å²) in [5, 5.41) is 17.9. The van der Waals surface area contributed by atoms with E-state index < -0.39 is 5.97 Å². The van der Waals surface area contributed by atoms with Gasteiger partial charge in [-0.15, -0.1) is 0 Å². The molecular weight excluding hydrogens is 234 g/mol. The molecule has 5 heteroatoms. The smallest absolute Gasteiger partial charge is 0.339 e. The second-order valence-corrected chi connectivity index (χ2v) is 3.58. The van der Waals surface area contributed by atoms with E-state index in [2.05, 4.69) is 4.98 Å². The monoisotopic (exact) mass is 245 g/mol. The lowest BCUT2D eigenvalue weighted by molar-refractivity contribution is 0.0694. The summed E-state index contributed by atoms with van der Waals surface area (Å²) in [4.78, 5) is 14.8. The lowest BCUT2D eigenvalue weighted by atomic mass is 10.2. The van der Waals surface area contributed by atoms with Gasteiger partial charge in [0.1, 0.15) is 11.3 Å². The fraction of sp³-hybridized carbons (Fsp3) is 0.0769. The fourth-order valence-electron chi connectivity index (χ4n) is 1.43. The highest BCUT2D eigenvalue weighted by atomic mass is 16.5. The first-order valence-electron chi connectivity index (χ1n) is 5.25. The Morgan fingerprint density at radius 2 is 1.94 bits per heavy atom. The van der Waals surface area contributed by atoms with Crippen LogP contribution < -0.4 is 4.74 Å². The van der Waals surface area contributed by atoms with Gasteiger partial charge in [-0.2, -0.15) is 0 Å². The number of benzene rings is 1. The molecule has 0 spiro atoms. The molecule has 2 aromatic rings. The second-order valence-electron chi connectivity index (χ2n) is 3.58. The molecule has 0 aliphatic rings. The van der Waals surface area contributed by atoms with Crippen LogP contribution in [0.4, 0.5) is 0 Å². The van der Waals surface area contributed by atoms with Crippen molar-refractivity contribution in [2.75, 3.05) is 0 Å². The Balaban J connectivity index is 2.25. The Hall–Kier alpha value is -2.40. The predicted octanol–water partition coefficient (Wildman–Crippen LogP) is 2.06. The average Bonchev–Trinajstić information content (AvgIpc) is 2.40. The summed E-state index contributed by atoms with van der Waals surface area (Å²) in [6, 6.07) is 8.09. The van der Waals surface area contributed by atoms with E-state index in [1.807, 2.05) is 0 Å². The third kappa shape index (κ3) is 2.64. The molecule has 0 saturated carbocycles. The molecule has 0 aliphatic heterocycles. The Morgan fingerprint density at radius 1 is 1.22 bits per heavy atom. The molecule has 0 bridgehead atoms. The van der Waals surface area contributed by atoms with Gasteiger partial charge in [0.25, 0.3) is 0 Å². The number of hydrogen-bond donors (Lipinski definition) is 2. The van der Waals surface area contributed by atoms with Gasteiger partial charge in [-0.05, 0) is 23.8 Å². The topological polar surface area (TPSA) is 79.7 Å². The SMILES string of the molecule is O=C(O)c1ccncc1Oc1ccc(CO)cc1. The van der Waals surface area contributed by atoms with Gasteiger partial charge in [-0.3, -0.25) is 4.98 Å². The number of nitrogens with zero attached hydrogens (tertiary/aromatic N) is 1. The number of aromatic carboxylic acids is 1. The van der Waals surface area contributed by atoms with Crippen LogP contribution in [0.15, 0.2) is 42.7 Å². The van der Waals surface area contributed by atoms with E-state index >= 15 is 0 Å². The molecular formula is C13H11NO4. The predicted molar refractivity (Wildman–Crippen MR) is 63.6 cm³/mol. The van der Waals surface area contributed by atoms with Crippen molar-refractivity contribution in [3.05, 3.63) is 53.9 Å². The van der Waals surface area contributed by atoms with Crippen LogP contribution in [0.2, 0.25) is 0 Å². The molecule has 0 saturated heterocycles. The van der Waals surface area contributed by atoms with Crippen molar-refractivity contribution >= 4 is 5.97 Å². The van der Waals surface area contributed by atoms with E-state index in [9.17, 15) is 4.79 Å². The van der Waals surface area contributed by atoms with Crippen molar-refractivity contribution in [3.63, 3.8) is 0 Å². The molecule has 0 radical (unpaired) electrons. The molecule has 92 valence electrons. The van der Waals surface area contributed by atoms with Gasteiger partial charge in [-0.1, -0.05) is 12.1 Å². The van der Waals surface area contributed by atoms with Gasteiger partial charge in [0, 0.05) is 6.20 Å². The first-order valence-corrected chi connectivity index (χ1v) is 5.25. The summed E-state index contributed by atoms with van der Waals surface area (Å²) >= 11 is 0. The van der Waals surface area contributed by atoms with Crippen molar-refractivity contribution < 1.29 is 19.7 Å². The van der Waals surface area contributed by atoms with Crippen molar-refractivity contribution in [2.45, 2.75) is 6.61 Å². The summed E-state index contributed by atoms with van der Waals surface area (Å²) in [5.41, 5.74) is 0.809. The minimum absolute atomic E-state index is 0.0481. The Labute approximate surface area is 103 Å². The highest BCUT2D eigenvalue weighted by Gasteiger charge is 2.11. The molecule has 0 fully saturated rings. The van der Waals surface area contributed by atoms with Crippen LogP contribution in [0, 0.1) is 0 Å². The quantitative estimate of drug-likeness (QED) is 0.861. The summed E-state index contributed by atoms with van der Waals surface area (Å²) in [6.07, 6.45) is 2.74. The minimum Gasteiger partial charge on any atom is -0.478 e. The van der Waals surface area contributed by atoms with E-state index in [-0.39, 0.29) is 17.9 Å². The Kier molecular flexibility index (Phi) is 3.54. The van der Waals surface area contributed by atoms with Crippen LogP contribution in [-0.4, -0.2) is 21.2 Å². The molecule has 0 amide bonds. The summed E-state index contributed by atoms with van der Waals surface area (Å²) in [7, 11) is 0. The zero-order chi connectivity index (χ0) is 13.0. The molecule has 0 atom stereocenters. The van der Waals surface area contributed by atoms with Crippen molar-refractivity contribution in [2.24, 2.45) is 0 Å². The normalized spacial score (nSPS) is 10.1. The maximum atomic E-state index is 11.0. The van der Waals surface area contributed by atoms with Crippen molar-refractivity contribution in [1.29, 1.82) is 0 Å². The lowest BCUT2D eigenvalue weighted by Gasteiger charge is -2.08. The van der Waals surface area contributed by atoms with E-state index in [1.165, 1.54) is 18.5 Å². The third-order valence-electron chi connectivity index (χ3n) is 2.35. The van der Waals surface area contributed by atoms with E-state index in [0.717, 1.165) is 5.56 Å². The number of carboxylic acid groups (broad SMARTS) is 1. The molecule has 18 heavy (non-hydrogen) atoms. The highest BCUT2D eigenvalue weighted by Crippen LogP contribution is 2.24. The first kappa shape index (κ1) is 12.1. The highest BCUT2D eigenvalue weighted by molar-refractivity contribution is 5.90. The van der Waals surface area contributed by atoms with E-state index in [0.29, 0.717) is 5.75 Å². The third-order valence-corrected chi connectivity index (χ3v) is 2.35. The Bertz CT molecular complexity index is 551. The molecule has 1 aromatic heterocycles. The van der Waals surface area contributed by atoms with Gasteiger partial charge in [-0.25, -0.2) is 4.79 Å². The van der Waals surface area contributed by atoms with Crippen LogP contribution in [0.1, 0.15) is 15.9 Å². The number of aliphatic hydroxyl groups is 1. The van der Waals surface area contributed by atoms with Crippen LogP contribution in [0.25, 0.3) is 0 Å². The van der Waals surface area contributed by atoms with Crippen LogP contribution in [-0.2, 0) is 6.61 Å². The second kappa shape index (κ2) is 5.29. The first-order chi connectivity index (χ1) is 8.70. The summed E-state index contributed by atoms with van der Waals surface area (Å²) in [5.74, 6) is -0.399. The standard InChI is InChI=1S/C13H11NO4/c15-8-9-1-3-10(4-2-9)18-12-7-14-6-5-11(12)13(16)17/h1-7,15H,8H2,(H,16,17). The average molecular weight is 245 g/mol. The van der Waals surface area contributed by atoms with Gasteiger partial charge in [0.2, 0.25) is 0 Å². The van der Waals surface area contributed by atoms with Gasteiger partial charge in [0.05, 0.1) is 12.8 Å². The van der Waals surface area contributed by atoms with Gasteiger partial charge in [0.15, 0.2) is 5.75 Å². The molecule has 0 aliphatic carbocycles. The fourth-order valence-corrected chi connectivity index (χ4v) is 1.43. The van der Waals surface area contributed by atoms with Crippen molar-refractivity contribution in [1.82, 2.24) is 4.98 Å². The van der Waals surface area contributed by atoms with E-state index in [4.69, 9.17) is 14.9 Å². The summed E-state index contributed by atoms with van der Waals surface area (Å²) < 4.78 is 5.45.